The van der Waals surface area contributed by atoms with Crippen LogP contribution in [0.5, 0.6) is 11.5 Å². The van der Waals surface area contributed by atoms with Crippen molar-refractivity contribution < 1.29 is 14.3 Å². The van der Waals surface area contributed by atoms with Gasteiger partial charge in [-0.05, 0) is 30.2 Å². The molecule has 1 aromatic heterocycles. The highest BCUT2D eigenvalue weighted by atomic mass is 16.5. The molecule has 1 unspecified atom stereocenters. The Balaban J connectivity index is 1.52. The highest BCUT2D eigenvalue weighted by Crippen LogP contribution is 2.30. The number of hydrogen-bond acceptors (Lipinski definition) is 3. The van der Waals surface area contributed by atoms with Crippen LogP contribution in [0.2, 0.25) is 0 Å². The van der Waals surface area contributed by atoms with Crippen molar-refractivity contribution in [2.45, 2.75) is 18.9 Å². The van der Waals surface area contributed by atoms with Crippen LogP contribution in [0.25, 0.3) is 10.9 Å². The van der Waals surface area contributed by atoms with Gasteiger partial charge in [0.1, 0.15) is 11.5 Å². The summed E-state index contributed by atoms with van der Waals surface area (Å²) in [4.78, 5) is 16.1. The van der Waals surface area contributed by atoms with Crippen LogP contribution in [0.15, 0.2) is 42.5 Å². The minimum atomic E-state index is -0.114. The van der Waals surface area contributed by atoms with E-state index in [0.717, 1.165) is 18.4 Å². The van der Waals surface area contributed by atoms with Crippen LogP contribution < -0.4 is 14.8 Å². The molecule has 5 heteroatoms. The first kappa shape index (κ1) is 15.6. The Morgan fingerprint density at radius 1 is 1.08 bits per heavy atom. The van der Waals surface area contributed by atoms with E-state index < -0.39 is 0 Å². The summed E-state index contributed by atoms with van der Waals surface area (Å²) in [5.41, 5.74) is 4.23. The van der Waals surface area contributed by atoms with E-state index in [0.29, 0.717) is 17.1 Å². The quantitative estimate of drug-likeness (QED) is 0.769. The Bertz CT molecular complexity index is 923. The summed E-state index contributed by atoms with van der Waals surface area (Å²) in [6.07, 6.45) is 1.66. The van der Waals surface area contributed by atoms with Crippen molar-refractivity contribution in [2.24, 2.45) is 0 Å². The van der Waals surface area contributed by atoms with Gasteiger partial charge >= 0.3 is 0 Å². The van der Waals surface area contributed by atoms with Gasteiger partial charge in [0.25, 0.3) is 5.91 Å². The predicted octanol–water partition coefficient (Wildman–Crippen LogP) is 3.08. The molecule has 0 saturated carbocycles. The molecule has 1 aliphatic carbocycles. The Labute approximate surface area is 146 Å². The number of carbonyl (C=O) groups excluding carboxylic acids is 1. The minimum absolute atomic E-state index is 0.0931. The van der Waals surface area contributed by atoms with E-state index in [2.05, 4.69) is 22.4 Å². The van der Waals surface area contributed by atoms with Crippen LogP contribution in [0, 0.1) is 0 Å². The molecule has 0 spiro atoms. The molecule has 5 nitrogen and oxygen atoms in total. The second-order valence-electron chi connectivity index (χ2n) is 6.31. The smallest absolute Gasteiger partial charge is 0.251 e. The van der Waals surface area contributed by atoms with Gasteiger partial charge in [-0.1, -0.05) is 18.2 Å². The number of hydrogen-bond donors (Lipinski definition) is 2. The largest absolute Gasteiger partial charge is 0.497 e. The van der Waals surface area contributed by atoms with Crippen LogP contribution in [-0.4, -0.2) is 31.2 Å². The second-order valence-corrected chi connectivity index (χ2v) is 6.31. The maximum Gasteiger partial charge on any atom is 0.251 e. The van der Waals surface area contributed by atoms with Crippen molar-refractivity contribution in [2.75, 3.05) is 14.2 Å². The maximum absolute atomic E-state index is 12.6. The molecule has 3 aromatic rings. The van der Waals surface area contributed by atoms with E-state index in [4.69, 9.17) is 9.47 Å². The molecule has 0 bridgehead atoms. The highest BCUT2D eigenvalue weighted by Gasteiger charge is 2.27. The van der Waals surface area contributed by atoms with E-state index >= 15 is 0 Å². The topological polar surface area (TPSA) is 63.4 Å². The highest BCUT2D eigenvalue weighted by molar-refractivity contribution is 5.95. The van der Waals surface area contributed by atoms with Gasteiger partial charge in [0.05, 0.1) is 14.2 Å². The normalized spacial score (nSPS) is 15.8. The van der Waals surface area contributed by atoms with Crippen LogP contribution in [-0.2, 0) is 12.8 Å². The van der Waals surface area contributed by atoms with E-state index in [-0.39, 0.29) is 11.9 Å². The zero-order valence-electron chi connectivity index (χ0n) is 14.3. The number of H-pyrrole nitrogens is 1. The van der Waals surface area contributed by atoms with Gasteiger partial charge in [0.2, 0.25) is 0 Å². The summed E-state index contributed by atoms with van der Waals surface area (Å²) in [5.74, 6) is 1.09. The molecule has 0 saturated heterocycles. The Morgan fingerprint density at radius 3 is 2.52 bits per heavy atom. The zero-order chi connectivity index (χ0) is 17.4. The van der Waals surface area contributed by atoms with E-state index in [1.807, 2.05) is 12.1 Å². The fraction of sp³-hybridized carbons (Fsp3) is 0.250. The van der Waals surface area contributed by atoms with Crippen molar-refractivity contribution in [1.29, 1.82) is 0 Å². The van der Waals surface area contributed by atoms with Crippen LogP contribution >= 0.6 is 0 Å². The molecule has 128 valence electrons. The number of carbonyl (C=O) groups is 1. The lowest BCUT2D eigenvalue weighted by atomic mass is 10.1. The first-order chi connectivity index (χ1) is 12.2. The Morgan fingerprint density at radius 2 is 1.80 bits per heavy atom. The molecule has 4 rings (SSSR count). The molecule has 0 fully saturated rings. The first-order valence-electron chi connectivity index (χ1n) is 8.30. The summed E-state index contributed by atoms with van der Waals surface area (Å²) in [7, 11) is 3.15. The summed E-state index contributed by atoms with van der Waals surface area (Å²) in [5, 5.41) is 4.37. The Hall–Kier alpha value is -2.95. The van der Waals surface area contributed by atoms with Crippen molar-refractivity contribution in [1.82, 2.24) is 10.3 Å². The van der Waals surface area contributed by atoms with Gasteiger partial charge in [-0.3, -0.25) is 4.79 Å². The second kappa shape index (κ2) is 6.16. The Kier molecular flexibility index (Phi) is 3.84. The monoisotopic (exact) mass is 336 g/mol. The lowest BCUT2D eigenvalue weighted by Gasteiger charge is -2.14. The fourth-order valence-electron chi connectivity index (χ4n) is 3.54. The van der Waals surface area contributed by atoms with E-state index in [9.17, 15) is 4.79 Å². The lowest BCUT2D eigenvalue weighted by Crippen LogP contribution is -2.35. The molecule has 1 heterocycles. The molecule has 1 atom stereocenters. The lowest BCUT2D eigenvalue weighted by molar-refractivity contribution is 0.0938. The SMILES string of the molecule is COc1cc(OC)cc(C(=O)NC2Cc3[nH]c4ccccc4c3C2)c1. The zero-order valence-corrected chi connectivity index (χ0v) is 14.3. The minimum Gasteiger partial charge on any atom is -0.497 e. The number of ether oxygens (including phenoxy) is 2. The van der Waals surface area contributed by atoms with E-state index in [1.54, 1.807) is 32.4 Å². The number of benzene rings is 2. The van der Waals surface area contributed by atoms with E-state index in [1.165, 1.54) is 16.6 Å². The third-order valence-electron chi connectivity index (χ3n) is 4.75. The summed E-state index contributed by atoms with van der Waals surface area (Å²) in [6.45, 7) is 0. The van der Waals surface area contributed by atoms with Crippen molar-refractivity contribution in [3.05, 3.63) is 59.3 Å². The average Bonchev–Trinajstić information content (AvgIpc) is 3.18. The number of fused-ring (bicyclic) bond motifs is 3. The maximum atomic E-state index is 12.6. The van der Waals surface area contributed by atoms with Crippen LogP contribution in [0.3, 0.4) is 0 Å². The number of nitrogens with one attached hydrogen (secondary N) is 2. The van der Waals surface area contributed by atoms with Crippen LogP contribution in [0.1, 0.15) is 21.6 Å². The van der Waals surface area contributed by atoms with Crippen molar-refractivity contribution >= 4 is 16.8 Å². The number of methoxy groups -OCH3 is 2. The molecule has 2 aromatic carbocycles. The molecule has 0 aliphatic heterocycles. The standard InChI is InChI=1S/C20H20N2O3/c1-24-14-7-12(8-15(11-14)25-2)20(23)21-13-9-17-16-5-3-4-6-18(16)22-19(17)10-13/h3-8,11,13,22H,9-10H2,1-2H3,(H,21,23). The van der Waals surface area contributed by atoms with Gasteiger partial charge < -0.3 is 19.8 Å². The van der Waals surface area contributed by atoms with Crippen LogP contribution in [0.4, 0.5) is 0 Å². The van der Waals surface area contributed by atoms with Gasteiger partial charge in [0.15, 0.2) is 0 Å². The number of para-hydroxylation sites is 1. The van der Waals surface area contributed by atoms with Crippen molar-refractivity contribution in [3.8, 4) is 11.5 Å². The molecule has 1 aliphatic rings. The third-order valence-corrected chi connectivity index (χ3v) is 4.75. The van der Waals surface area contributed by atoms with Gasteiger partial charge in [-0.2, -0.15) is 0 Å². The third kappa shape index (κ3) is 2.82. The predicted molar refractivity (Wildman–Crippen MR) is 96.5 cm³/mol. The molecular formula is C20H20N2O3. The fourth-order valence-corrected chi connectivity index (χ4v) is 3.54. The summed E-state index contributed by atoms with van der Waals surface area (Å²) in [6, 6.07) is 13.6. The van der Waals surface area contributed by atoms with Gasteiger partial charge in [-0.25, -0.2) is 0 Å². The van der Waals surface area contributed by atoms with Crippen molar-refractivity contribution in [3.63, 3.8) is 0 Å². The molecule has 1 amide bonds. The van der Waals surface area contributed by atoms with Gasteiger partial charge in [-0.15, -0.1) is 0 Å². The van der Waals surface area contributed by atoms with Gasteiger partial charge in [0, 0.05) is 40.7 Å². The number of aromatic amines is 1. The number of aromatic nitrogens is 1. The molecule has 2 N–H and O–H groups in total. The molecular weight excluding hydrogens is 316 g/mol. The molecule has 25 heavy (non-hydrogen) atoms. The summed E-state index contributed by atoms with van der Waals surface area (Å²) >= 11 is 0. The first-order valence-corrected chi connectivity index (χ1v) is 8.30. The molecule has 0 radical (unpaired) electrons. The number of rotatable bonds is 4. The number of amides is 1. The average molecular weight is 336 g/mol. The summed E-state index contributed by atoms with van der Waals surface area (Å²) < 4.78 is 10.5.